The van der Waals surface area contributed by atoms with Crippen LogP contribution in [-0.4, -0.2) is 84.4 Å². The van der Waals surface area contributed by atoms with Gasteiger partial charge in [0.1, 0.15) is 24.0 Å². The van der Waals surface area contributed by atoms with Gasteiger partial charge in [-0.3, -0.25) is 19.2 Å². The average molecular weight is 616 g/mol. The van der Waals surface area contributed by atoms with Crippen LogP contribution in [0.5, 0.6) is 5.75 Å². The summed E-state index contributed by atoms with van der Waals surface area (Å²) in [6.07, 6.45) is 6.84. The highest BCUT2D eigenvalue weighted by Gasteiger charge is 2.73. The van der Waals surface area contributed by atoms with Crippen LogP contribution in [0.15, 0.2) is 78.9 Å². The molecule has 4 aliphatic heterocycles. The molecule has 0 saturated carbocycles. The number of aliphatic hydroxyl groups excluding tert-OH is 1. The fourth-order valence-corrected chi connectivity index (χ4v) is 6.90. The first kappa shape index (κ1) is 30.5. The number of aliphatic hydroxyl groups is 1. The topological polar surface area (TPSA) is 135 Å². The van der Waals surface area contributed by atoms with E-state index in [1.54, 1.807) is 61.4 Å². The van der Waals surface area contributed by atoms with Crippen molar-refractivity contribution in [1.29, 1.82) is 0 Å². The molecule has 0 aliphatic carbocycles. The molecule has 11 heteroatoms. The van der Waals surface area contributed by atoms with E-state index in [1.807, 2.05) is 36.4 Å². The molecule has 3 amide bonds. The lowest BCUT2D eigenvalue weighted by Crippen LogP contribution is -2.58. The normalized spacial score (nSPS) is 31.4. The van der Waals surface area contributed by atoms with Gasteiger partial charge in [0.05, 0.1) is 43.7 Å². The number of ether oxygens (including phenoxy) is 3. The van der Waals surface area contributed by atoms with Crippen LogP contribution in [0.2, 0.25) is 0 Å². The standard InChI is InChI=1S/C34H37N3O8/c1-21(19-38)37-30-33(42)36(23-12-14-24(43-2)15-13-23)18-8-4-7-11-27(39)44-20-25(22-9-5-3-6-10-22)35-31(40)28-26-16-17-34(30,45-26)29(28)32(37)41/h3-6,8-10,12-17,21,25-26,28-30,38H,7,11,18-20H2,1-2H3,(H,35,40)/b8-4-/t21-,25+,26+,28-,29-,30+,34-/m1/s1. The van der Waals surface area contributed by atoms with Gasteiger partial charge >= 0.3 is 5.97 Å². The highest BCUT2D eigenvalue weighted by atomic mass is 16.5. The number of hydrogen-bond acceptors (Lipinski definition) is 8. The number of methoxy groups -OCH3 is 1. The second kappa shape index (κ2) is 12.5. The summed E-state index contributed by atoms with van der Waals surface area (Å²) in [4.78, 5) is 58.7. The Morgan fingerprint density at radius 1 is 1.04 bits per heavy atom. The van der Waals surface area contributed by atoms with E-state index in [9.17, 15) is 24.3 Å². The Balaban J connectivity index is 1.43. The van der Waals surface area contributed by atoms with E-state index < -0.39 is 65.4 Å². The van der Waals surface area contributed by atoms with Crippen LogP contribution in [0.25, 0.3) is 0 Å². The second-order valence-electron chi connectivity index (χ2n) is 11.8. The predicted octanol–water partition coefficient (Wildman–Crippen LogP) is 2.31. The third-order valence-electron chi connectivity index (χ3n) is 9.14. The van der Waals surface area contributed by atoms with Crippen molar-refractivity contribution in [2.45, 2.75) is 49.6 Å². The van der Waals surface area contributed by atoms with Gasteiger partial charge in [-0.2, -0.15) is 0 Å². The Morgan fingerprint density at radius 3 is 2.51 bits per heavy atom. The quantitative estimate of drug-likeness (QED) is 0.387. The number of nitrogens with one attached hydrogen (secondary N) is 1. The summed E-state index contributed by atoms with van der Waals surface area (Å²) in [5, 5.41) is 13.2. The minimum Gasteiger partial charge on any atom is -0.497 e. The zero-order chi connectivity index (χ0) is 31.7. The van der Waals surface area contributed by atoms with Gasteiger partial charge in [0.25, 0.3) is 5.91 Å². The smallest absolute Gasteiger partial charge is 0.306 e. The zero-order valence-corrected chi connectivity index (χ0v) is 25.2. The summed E-state index contributed by atoms with van der Waals surface area (Å²) in [6, 6.07) is 13.6. The van der Waals surface area contributed by atoms with Gasteiger partial charge in [-0.25, -0.2) is 0 Å². The number of benzene rings is 2. The molecule has 236 valence electrons. The van der Waals surface area contributed by atoms with E-state index in [0.29, 0.717) is 17.9 Å². The van der Waals surface area contributed by atoms with Crippen LogP contribution in [0.1, 0.15) is 31.4 Å². The maximum absolute atomic E-state index is 14.7. The molecule has 0 aromatic heterocycles. The number of fused-ring (bicyclic) bond motifs is 2. The van der Waals surface area contributed by atoms with Crippen molar-refractivity contribution in [3.63, 3.8) is 0 Å². The first-order valence-electron chi connectivity index (χ1n) is 15.2. The summed E-state index contributed by atoms with van der Waals surface area (Å²) in [6.45, 7) is 1.34. The van der Waals surface area contributed by atoms with Crippen LogP contribution in [0, 0.1) is 11.8 Å². The molecule has 1 spiro atoms. The number of likely N-dealkylation sites (tertiary alicyclic amines) is 1. The molecular formula is C34H37N3O8. The minimum atomic E-state index is -1.42. The number of rotatable bonds is 5. The summed E-state index contributed by atoms with van der Waals surface area (Å²) >= 11 is 0. The number of cyclic esters (lactones) is 1. The molecule has 4 heterocycles. The maximum atomic E-state index is 14.7. The third-order valence-corrected chi connectivity index (χ3v) is 9.14. The number of carbonyl (C=O) groups excluding carboxylic acids is 4. The second-order valence-corrected chi connectivity index (χ2v) is 11.8. The Morgan fingerprint density at radius 2 is 1.80 bits per heavy atom. The Hall–Kier alpha value is -4.48. The number of amides is 3. The summed E-state index contributed by atoms with van der Waals surface area (Å²) < 4.78 is 17.4. The van der Waals surface area contributed by atoms with Gasteiger partial charge in [0.2, 0.25) is 11.8 Å². The predicted molar refractivity (Wildman–Crippen MR) is 163 cm³/mol. The van der Waals surface area contributed by atoms with E-state index in [4.69, 9.17) is 14.2 Å². The number of allylic oxidation sites excluding steroid dienone is 1. The van der Waals surface area contributed by atoms with Crippen molar-refractivity contribution < 1.29 is 38.5 Å². The summed E-state index contributed by atoms with van der Waals surface area (Å²) in [5.41, 5.74) is -0.119. The highest BCUT2D eigenvalue weighted by molar-refractivity contribution is 6.05. The molecule has 2 N–H and O–H groups in total. The van der Waals surface area contributed by atoms with E-state index in [-0.39, 0.29) is 26.2 Å². The van der Waals surface area contributed by atoms with Gasteiger partial charge in [-0.15, -0.1) is 0 Å². The molecule has 0 radical (unpaired) electrons. The molecule has 5 bridgehead atoms. The van der Waals surface area contributed by atoms with E-state index >= 15 is 0 Å². The SMILES string of the molecule is COc1ccc(N2C/C=C\CCC(=O)OC[C@@H](c3ccccc3)NC(=O)[C@@H]3[C@@H]4C=C[C@]5(O4)[C@H](C2=O)N([C@H](C)CO)C(=O)[C@@H]35)cc1. The molecular weight excluding hydrogens is 578 g/mol. The summed E-state index contributed by atoms with van der Waals surface area (Å²) in [5.74, 6) is -3.06. The van der Waals surface area contributed by atoms with Crippen molar-refractivity contribution >= 4 is 29.4 Å². The Bertz CT molecular complexity index is 1510. The van der Waals surface area contributed by atoms with E-state index in [0.717, 1.165) is 5.56 Å². The Kier molecular flexibility index (Phi) is 8.48. The van der Waals surface area contributed by atoms with Gasteiger partial charge in [0, 0.05) is 18.7 Å². The molecule has 2 aromatic rings. The first-order valence-corrected chi connectivity index (χ1v) is 15.2. The van der Waals surface area contributed by atoms with Crippen molar-refractivity contribution in [2.75, 3.05) is 31.8 Å². The van der Waals surface area contributed by atoms with Crippen LogP contribution in [0.4, 0.5) is 5.69 Å². The average Bonchev–Trinajstić information content (AvgIpc) is 3.71. The van der Waals surface area contributed by atoms with Crippen molar-refractivity contribution in [3.8, 4) is 5.75 Å². The van der Waals surface area contributed by atoms with Crippen molar-refractivity contribution in [3.05, 3.63) is 84.5 Å². The van der Waals surface area contributed by atoms with Gasteiger partial charge in [-0.05, 0) is 43.2 Å². The largest absolute Gasteiger partial charge is 0.497 e. The molecule has 2 fully saturated rings. The Labute approximate surface area is 261 Å². The van der Waals surface area contributed by atoms with Crippen LogP contribution >= 0.6 is 0 Å². The fourth-order valence-electron chi connectivity index (χ4n) is 6.90. The first-order chi connectivity index (χ1) is 21.8. The molecule has 7 atom stereocenters. The van der Waals surface area contributed by atoms with Crippen molar-refractivity contribution in [2.24, 2.45) is 11.8 Å². The fraction of sp³-hybridized carbons (Fsp3) is 0.412. The van der Waals surface area contributed by atoms with Crippen LogP contribution in [0.3, 0.4) is 0 Å². The lowest BCUT2D eigenvalue weighted by Gasteiger charge is -2.37. The van der Waals surface area contributed by atoms with Crippen molar-refractivity contribution in [1.82, 2.24) is 10.2 Å². The van der Waals surface area contributed by atoms with Gasteiger partial charge in [0.15, 0.2) is 0 Å². The van der Waals surface area contributed by atoms with E-state index in [1.165, 1.54) is 4.90 Å². The molecule has 4 aliphatic rings. The molecule has 0 unspecified atom stereocenters. The zero-order valence-electron chi connectivity index (χ0n) is 25.2. The van der Waals surface area contributed by atoms with Gasteiger partial charge < -0.3 is 34.4 Å². The number of nitrogens with zero attached hydrogens (tertiary/aromatic N) is 2. The summed E-state index contributed by atoms with van der Waals surface area (Å²) in [7, 11) is 1.55. The number of hydrogen-bond donors (Lipinski definition) is 2. The number of anilines is 1. The lowest BCUT2D eigenvalue weighted by molar-refractivity contribution is -0.146. The molecule has 45 heavy (non-hydrogen) atoms. The van der Waals surface area contributed by atoms with Crippen LogP contribution < -0.4 is 15.0 Å². The maximum Gasteiger partial charge on any atom is 0.306 e. The third kappa shape index (κ3) is 5.40. The van der Waals surface area contributed by atoms with E-state index in [2.05, 4.69) is 5.32 Å². The minimum absolute atomic E-state index is 0.0871. The number of carbonyl (C=O) groups is 4. The molecule has 11 nitrogen and oxygen atoms in total. The molecule has 2 aromatic carbocycles. The van der Waals surface area contributed by atoms with Crippen LogP contribution in [-0.2, 0) is 28.7 Å². The van der Waals surface area contributed by atoms with Gasteiger partial charge in [-0.1, -0.05) is 54.6 Å². The number of esters is 1. The lowest BCUT2D eigenvalue weighted by atomic mass is 9.74. The molecule has 2 saturated heterocycles. The molecule has 6 rings (SSSR count). The highest BCUT2D eigenvalue weighted by Crippen LogP contribution is 2.56. The monoisotopic (exact) mass is 615 g/mol.